The molecule has 3 rings (SSSR count). The van der Waals surface area contributed by atoms with Gasteiger partial charge < -0.3 is 11.1 Å². The second kappa shape index (κ2) is 6.74. The Balaban J connectivity index is 1.65. The number of aromatic nitrogens is 3. The molecule has 2 aromatic carbocycles. The van der Waals surface area contributed by atoms with Crippen molar-refractivity contribution in [3.05, 3.63) is 71.9 Å². The van der Waals surface area contributed by atoms with Crippen molar-refractivity contribution < 1.29 is 4.79 Å². The molecule has 23 heavy (non-hydrogen) atoms. The molecule has 0 aliphatic carbocycles. The van der Waals surface area contributed by atoms with Gasteiger partial charge in [-0.05, 0) is 24.1 Å². The molecule has 6 nitrogen and oxygen atoms in total. The zero-order chi connectivity index (χ0) is 16.1. The molecule has 0 saturated heterocycles. The van der Waals surface area contributed by atoms with Crippen molar-refractivity contribution in [2.24, 2.45) is 0 Å². The minimum atomic E-state index is -0.319. The van der Waals surface area contributed by atoms with Gasteiger partial charge in [-0.3, -0.25) is 4.79 Å². The van der Waals surface area contributed by atoms with Gasteiger partial charge in [-0.15, -0.1) is 5.10 Å². The van der Waals surface area contributed by atoms with Crippen LogP contribution in [0.15, 0.2) is 60.7 Å². The number of hydrogen-bond donors (Lipinski definition) is 2. The molecule has 116 valence electrons. The molecule has 0 aliphatic heterocycles. The number of para-hydroxylation sites is 1. The molecule has 1 heterocycles. The summed E-state index contributed by atoms with van der Waals surface area (Å²) in [6, 6.07) is 19.3. The number of nitrogens with one attached hydrogen (secondary N) is 1. The number of anilines is 1. The Morgan fingerprint density at radius 2 is 1.70 bits per heavy atom. The average molecular weight is 307 g/mol. The van der Waals surface area contributed by atoms with Crippen molar-refractivity contribution in [3.8, 4) is 5.69 Å². The molecule has 1 amide bonds. The minimum absolute atomic E-state index is 0.141. The van der Waals surface area contributed by atoms with Gasteiger partial charge in [-0.25, -0.2) is 0 Å². The Morgan fingerprint density at radius 3 is 2.39 bits per heavy atom. The molecule has 0 saturated carbocycles. The normalized spacial score (nSPS) is 10.4. The standard InChI is InChI=1S/C17H17N5O/c18-16-15(20-21-22(16)14-9-5-2-6-10-14)17(23)19-12-11-13-7-3-1-4-8-13/h1-10H,11-12,18H2,(H,19,23). The predicted octanol–water partition coefficient (Wildman–Crippen LogP) is 1.82. The Labute approximate surface area is 133 Å². The van der Waals surface area contributed by atoms with Gasteiger partial charge in [0.25, 0.3) is 5.91 Å². The summed E-state index contributed by atoms with van der Waals surface area (Å²) in [5.74, 6) is -0.0889. The van der Waals surface area contributed by atoms with E-state index in [2.05, 4.69) is 15.6 Å². The van der Waals surface area contributed by atoms with Crippen LogP contribution in [0, 0.1) is 0 Å². The summed E-state index contributed by atoms with van der Waals surface area (Å²) in [4.78, 5) is 12.2. The van der Waals surface area contributed by atoms with Crippen LogP contribution in [0.2, 0.25) is 0 Å². The molecule has 0 unspecified atom stereocenters. The monoisotopic (exact) mass is 307 g/mol. The SMILES string of the molecule is Nc1c(C(=O)NCCc2ccccc2)nnn1-c1ccccc1. The van der Waals surface area contributed by atoms with Gasteiger partial charge in [0, 0.05) is 6.54 Å². The van der Waals surface area contributed by atoms with E-state index in [0.29, 0.717) is 6.54 Å². The first-order chi connectivity index (χ1) is 11.3. The van der Waals surface area contributed by atoms with Crippen LogP contribution in [-0.4, -0.2) is 27.4 Å². The molecular formula is C17H17N5O. The van der Waals surface area contributed by atoms with E-state index in [1.165, 1.54) is 4.68 Å². The fourth-order valence-corrected chi connectivity index (χ4v) is 2.26. The summed E-state index contributed by atoms with van der Waals surface area (Å²) in [7, 11) is 0. The summed E-state index contributed by atoms with van der Waals surface area (Å²) < 4.78 is 1.45. The third kappa shape index (κ3) is 3.37. The number of benzene rings is 2. The van der Waals surface area contributed by atoms with Gasteiger partial charge in [-0.1, -0.05) is 53.7 Å². The highest BCUT2D eigenvalue weighted by Crippen LogP contribution is 2.14. The van der Waals surface area contributed by atoms with E-state index in [4.69, 9.17) is 5.73 Å². The summed E-state index contributed by atoms with van der Waals surface area (Å²) in [6.07, 6.45) is 0.749. The van der Waals surface area contributed by atoms with E-state index < -0.39 is 0 Å². The molecular weight excluding hydrogens is 290 g/mol. The van der Waals surface area contributed by atoms with Gasteiger partial charge in [0.05, 0.1) is 5.69 Å². The number of nitrogen functional groups attached to an aromatic ring is 1. The maximum absolute atomic E-state index is 12.2. The molecule has 3 N–H and O–H groups in total. The van der Waals surface area contributed by atoms with Gasteiger partial charge in [0.1, 0.15) is 0 Å². The van der Waals surface area contributed by atoms with Crippen LogP contribution < -0.4 is 11.1 Å². The maximum Gasteiger partial charge on any atom is 0.275 e. The highest BCUT2D eigenvalue weighted by Gasteiger charge is 2.17. The first kappa shape index (κ1) is 14.8. The second-order valence-corrected chi connectivity index (χ2v) is 5.06. The number of hydrogen-bond acceptors (Lipinski definition) is 4. The van der Waals surface area contributed by atoms with Crippen molar-refractivity contribution in [3.63, 3.8) is 0 Å². The van der Waals surface area contributed by atoms with Crippen molar-refractivity contribution in [1.82, 2.24) is 20.3 Å². The van der Waals surface area contributed by atoms with E-state index in [9.17, 15) is 4.79 Å². The molecule has 0 radical (unpaired) electrons. The lowest BCUT2D eigenvalue weighted by molar-refractivity contribution is 0.0950. The Bertz CT molecular complexity index is 783. The highest BCUT2D eigenvalue weighted by molar-refractivity contribution is 5.96. The second-order valence-electron chi connectivity index (χ2n) is 5.06. The van der Waals surface area contributed by atoms with Gasteiger partial charge in [0.15, 0.2) is 11.5 Å². The first-order valence-corrected chi connectivity index (χ1v) is 7.34. The first-order valence-electron chi connectivity index (χ1n) is 7.34. The topological polar surface area (TPSA) is 85.8 Å². The van der Waals surface area contributed by atoms with E-state index in [1.807, 2.05) is 60.7 Å². The number of amides is 1. The lowest BCUT2D eigenvalue weighted by Gasteiger charge is -2.05. The van der Waals surface area contributed by atoms with E-state index in [1.54, 1.807) is 0 Å². The molecule has 6 heteroatoms. The van der Waals surface area contributed by atoms with Crippen LogP contribution in [0.5, 0.6) is 0 Å². The molecule has 1 aromatic heterocycles. The number of carbonyl (C=O) groups excluding carboxylic acids is 1. The molecule has 0 bridgehead atoms. The smallest absolute Gasteiger partial charge is 0.275 e. The lowest BCUT2D eigenvalue weighted by Crippen LogP contribution is -2.27. The highest BCUT2D eigenvalue weighted by atomic mass is 16.2. The Morgan fingerprint density at radius 1 is 1.04 bits per heavy atom. The fraction of sp³-hybridized carbons (Fsp3) is 0.118. The Hall–Kier alpha value is -3.15. The number of rotatable bonds is 5. The van der Waals surface area contributed by atoms with E-state index in [-0.39, 0.29) is 17.4 Å². The summed E-state index contributed by atoms with van der Waals surface area (Å²) in [5, 5.41) is 10.7. The van der Waals surface area contributed by atoms with Crippen LogP contribution in [0.4, 0.5) is 5.82 Å². The number of nitrogens with zero attached hydrogens (tertiary/aromatic N) is 3. The van der Waals surface area contributed by atoms with Crippen molar-refractivity contribution in [2.45, 2.75) is 6.42 Å². The average Bonchev–Trinajstić information content (AvgIpc) is 2.98. The summed E-state index contributed by atoms with van der Waals surface area (Å²) in [5.41, 5.74) is 8.06. The fourth-order valence-electron chi connectivity index (χ4n) is 2.26. The van der Waals surface area contributed by atoms with Crippen LogP contribution in [0.25, 0.3) is 5.69 Å². The quantitative estimate of drug-likeness (QED) is 0.753. The molecule has 0 aliphatic rings. The van der Waals surface area contributed by atoms with Gasteiger partial charge in [0.2, 0.25) is 0 Å². The van der Waals surface area contributed by atoms with Crippen molar-refractivity contribution in [2.75, 3.05) is 12.3 Å². The number of carbonyl (C=O) groups is 1. The summed E-state index contributed by atoms with van der Waals surface area (Å²) >= 11 is 0. The van der Waals surface area contributed by atoms with Crippen molar-refractivity contribution >= 4 is 11.7 Å². The van der Waals surface area contributed by atoms with Crippen LogP contribution in [-0.2, 0) is 6.42 Å². The molecule has 0 spiro atoms. The predicted molar refractivity (Wildman–Crippen MR) is 88.3 cm³/mol. The zero-order valence-corrected chi connectivity index (χ0v) is 12.5. The molecule has 3 aromatic rings. The van der Waals surface area contributed by atoms with Gasteiger partial charge in [-0.2, -0.15) is 4.68 Å². The molecule has 0 fully saturated rings. The van der Waals surface area contributed by atoms with Gasteiger partial charge >= 0.3 is 0 Å². The van der Waals surface area contributed by atoms with E-state index >= 15 is 0 Å². The third-order valence-corrected chi connectivity index (χ3v) is 3.46. The molecule has 0 atom stereocenters. The third-order valence-electron chi connectivity index (χ3n) is 3.46. The minimum Gasteiger partial charge on any atom is -0.382 e. The van der Waals surface area contributed by atoms with Crippen LogP contribution in [0.3, 0.4) is 0 Å². The van der Waals surface area contributed by atoms with Crippen LogP contribution in [0.1, 0.15) is 16.1 Å². The van der Waals surface area contributed by atoms with E-state index in [0.717, 1.165) is 17.7 Å². The van der Waals surface area contributed by atoms with Crippen molar-refractivity contribution in [1.29, 1.82) is 0 Å². The lowest BCUT2D eigenvalue weighted by atomic mass is 10.1. The maximum atomic E-state index is 12.2. The number of nitrogens with two attached hydrogens (primary N) is 1. The zero-order valence-electron chi connectivity index (χ0n) is 12.5. The van der Waals surface area contributed by atoms with Crippen LogP contribution >= 0.6 is 0 Å². The largest absolute Gasteiger partial charge is 0.382 e. The Kier molecular flexibility index (Phi) is 4.33. The summed E-state index contributed by atoms with van der Waals surface area (Å²) in [6.45, 7) is 0.514.